The fourth-order valence-corrected chi connectivity index (χ4v) is 2.16. The maximum Gasteiger partial charge on any atom is 0.0484 e. The van der Waals surface area contributed by atoms with Gasteiger partial charge in [-0.2, -0.15) is 0 Å². The summed E-state index contributed by atoms with van der Waals surface area (Å²) >= 11 is 1.78. The molecule has 0 aliphatic carbocycles. The van der Waals surface area contributed by atoms with Crippen molar-refractivity contribution in [1.82, 2.24) is 0 Å². The highest BCUT2D eigenvalue weighted by molar-refractivity contribution is 7.12. The van der Waals surface area contributed by atoms with E-state index in [0.29, 0.717) is 0 Å². The first kappa shape index (κ1) is 11.7. The van der Waals surface area contributed by atoms with Gasteiger partial charge >= 0.3 is 0 Å². The van der Waals surface area contributed by atoms with Crippen LogP contribution in [-0.4, -0.2) is 13.2 Å². The van der Waals surface area contributed by atoms with Crippen LogP contribution in [0.5, 0.6) is 0 Å². The molecule has 0 bridgehead atoms. The van der Waals surface area contributed by atoms with Gasteiger partial charge < -0.3 is 10.5 Å². The molecule has 14 heavy (non-hydrogen) atoms. The van der Waals surface area contributed by atoms with E-state index in [-0.39, 0.29) is 6.04 Å². The Kier molecular flexibility index (Phi) is 5.15. The monoisotopic (exact) mass is 213 g/mol. The lowest BCUT2D eigenvalue weighted by atomic mass is 10.2. The molecule has 0 saturated heterocycles. The molecule has 0 amide bonds. The van der Waals surface area contributed by atoms with Crippen LogP contribution in [0.1, 0.15) is 35.6 Å². The predicted octanol–water partition coefficient (Wildman–Crippen LogP) is 2.87. The zero-order valence-electron chi connectivity index (χ0n) is 8.95. The third-order valence-electron chi connectivity index (χ3n) is 2.05. The van der Waals surface area contributed by atoms with E-state index >= 15 is 0 Å². The molecule has 0 aromatic carbocycles. The van der Waals surface area contributed by atoms with Crippen LogP contribution in [0.25, 0.3) is 0 Å². The normalized spacial score (nSPS) is 13.1. The zero-order chi connectivity index (χ0) is 10.4. The summed E-state index contributed by atoms with van der Waals surface area (Å²) in [5, 5.41) is 0. The number of ether oxygens (including phenoxy) is 1. The van der Waals surface area contributed by atoms with Crippen LogP contribution in [0.3, 0.4) is 0 Å². The van der Waals surface area contributed by atoms with Crippen molar-refractivity contribution in [3.05, 3.63) is 21.9 Å². The molecule has 0 radical (unpaired) electrons. The summed E-state index contributed by atoms with van der Waals surface area (Å²) in [7, 11) is 0. The van der Waals surface area contributed by atoms with E-state index < -0.39 is 0 Å². The average molecular weight is 213 g/mol. The molecule has 1 unspecified atom stereocenters. The first-order chi connectivity index (χ1) is 6.74. The van der Waals surface area contributed by atoms with Crippen molar-refractivity contribution in [2.75, 3.05) is 13.2 Å². The Morgan fingerprint density at radius 1 is 1.43 bits per heavy atom. The maximum atomic E-state index is 6.02. The van der Waals surface area contributed by atoms with Gasteiger partial charge in [-0.1, -0.05) is 6.92 Å². The molecule has 0 spiro atoms. The van der Waals surface area contributed by atoms with Gasteiger partial charge in [0.15, 0.2) is 0 Å². The lowest BCUT2D eigenvalue weighted by Crippen LogP contribution is -2.11. The molecular formula is C11H19NOS. The van der Waals surface area contributed by atoms with E-state index in [1.807, 2.05) is 0 Å². The van der Waals surface area contributed by atoms with Gasteiger partial charge in [0.2, 0.25) is 0 Å². The number of thiophene rings is 1. The van der Waals surface area contributed by atoms with Crippen LogP contribution < -0.4 is 5.73 Å². The highest BCUT2D eigenvalue weighted by Crippen LogP contribution is 2.22. The minimum atomic E-state index is 0.144. The highest BCUT2D eigenvalue weighted by Gasteiger charge is 2.07. The summed E-state index contributed by atoms with van der Waals surface area (Å²) in [4.78, 5) is 2.59. The second kappa shape index (κ2) is 6.17. The first-order valence-electron chi connectivity index (χ1n) is 5.13. The minimum absolute atomic E-state index is 0.144. The molecule has 1 aromatic heterocycles. The predicted molar refractivity (Wildman–Crippen MR) is 61.7 cm³/mol. The summed E-state index contributed by atoms with van der Waals surface area (Å²) in [6.07, 6.45) is 1.99. The summed E-state index contributed by atoms with van der Waals surface area (Å²) in [6.45, 7) is 5.83. The topological polar surface area (TPSA) is 35.2 Å². The Bertz CT molecular complexity index is 260. The summed E-state index contributed by atoms with van der Waals surface area (Å²) in [5.41, 5.74) is 6.02. The van der Waals surface area contributed by atoms with Crippen molar-refractivity contribution in [3.63, 3.8) is 0 Å². The first-order valence-corrected chi connectivity index (χ1v) is 5.95. The van der Waals surface area contributed by atoms with E-state index in [1.54, 1.807) is 11.3 Å². The lowest BCUT2D eigenvalue weighted by Gasteiger charge is -2.09. The molecule has 0 aliphatic heterocycles. The van der Waals surface area contributed by atoms with Crippen LogP contribution in [0.2, 0.25) is 0 Å². The van der Waals surface area contributed by atoms with Crippen molar-refractivity contribution in [2.24, 2.45) is 5.73 Å². The van der Waals surface area contributed by atoms with E-state index in [0.717, 1.165) is 26.1 Å². The van der Waals surface area contributed by atoms with E-state index in [9.17, 15) is 0 Å². The molecule has 0 aliphatic rings. The zero-order valence-corrected chi connectivity index (χ0v) is 9.77. The summed E-state index contributed by atoms with van der Waals surface area (Å²) in [6, 6.07) is 4.38. The minimum Gasteiger partial charge on any atom is -0.381 e. The smallest absolute Gasteiger partial charge is 0.0484 e. The molecular weight excluding hydrogens is 194 g/mol. The number of hydrogen-bond donors (Lipinski definition) is 1. The third-order valence-corrected chi connectivity index (χ3v) is 3.18. The molecule has 1 rings (SSSR count). The Morgan fingerprint density at radius 2 is 2.21 bits per heavy atom. The van der Waals surface area contributed by atoms with Crippen LogP contribution in [0.15, 0.2) is 12.1 Å². The average Bonchev–Trinajstić information content (AvgIpc) is 2.59. The van der Waals surface area contributed by atoms with Crippen molar-refractivity contribution in [3.8, 4) is 0 Å². The van der Waals surface area contributed by atoms with Crippen molar-refractivity contribution in [2.45, 2.75) is 32.7 Å². The van der Waals surface area contributed by atoms with Crippen LogP contribution in [0, 0.1) is 6.92 Å². The maximum absolute atomic E-state index is 6.02. The van der Waals surface area contributed by atoms with Gasteiger partial charge in [0.1, 0.15) is 0 Å². The second-order valence-corrected chi connectivity index (χ2v) is 4.78. The van der Waals surface area contributed by atoms with E-state index in [4.69, 9.17) is 10.5 Å². The second-order valence-electron chi connectivity index (χ2n) is 3.46. The molecule has 1 aromatic rings. The molecule has 1 heterocycles. The largest absolute Gasteiger partial charge is 0.381 e. The Morgan fingerprint density at radius 3 is 2.79 bits per heavy atom. The summed E-state index contributed by atoms with van der Waals surface area (Å²) < 4.78 is 5.41. The standard InChI is InChI=1S/C11H19NOS/c1-3-7-13-8-6-10(12)11-5-4-9(2)14-11/h4-5,10H,3,6-8,12H2,1-2H3. The number of nitrogens with two attached hydrogens (primary N) is 1. The van der Waals surface area contributed by atoms with Crippen molar-refractivity contribution >= 4 is 11.3 Å². The molecule has 0 saturated carbocycles. The van der Waals surface area contributed by atoms with E-state index in [1.165, 1.54) is 9.75 Å². The Balaban J connectivity index is 2.25. The van der Waals surface area contributed by atoms with Crippen LogP contribution in [-0.2, 0) is 4.74 Å². The third kappa shape index (κ3) is 3.78. The van der Waals surface area contributed by atoms with Gasteiger partial charge in [-0.25, -0.2) is 0 Å². The fourth-order valence-electron chi connectivity index (χ4n) is 1.25. The number of hydrogen-bond acceptors (Lipinski definition) is 3. The molecule has 2 nitrogen and oxygen atoms in total. The van der Waals surface area contributed by atoms with Gasteiger partial charge in [-0.15, -0.1) is 11.3 Å². The van der Waals surface area contributed by atoms with Crippen LogP contribution >= 0.6 is 11.3 Å². The molecule has 2 N–H and O–H groups in total. The van der Waals surface area contributed by atoms with Gasteiger partial charge in [0.05, 0.1) is 0 Å². The number of aryl methyl sites for hydroxylation is 1. The van der Waals surface area contributed by atoms with Gasteiger partial charge in [0.25, 0.3) is 0 Å². The van der Waals surface area contributed by atoms with Gasteiger partial charge in [-0.05, 0) is 31.9 Å². The van der Waals surface area contributed by atoms with Crippen molar-refractivity contribution in [1.29, 1.82) is 0 Å². The molecule has 1 atom stereocenters. The summed E-state index contributed by atoms with van der Waals surface area (Å²) in [5.74, 6) is 0. The van der Waals surface area contributed by atoms with Gasteiger partial charge in [0, 0.05) is 29.0 Å². The van der Waals surface area contributed by atoms with Crippen LogP contribution in [0.4, 0.5) is 0 Å². The Labute approximate surface area is 90.1 Å². The van der Waals surface area contributed by atoms with Crippen molar-refractivity contribution < 1.29 is 4.74 Å². The molecule has 3 heteroatoms. The Hall–Kier alpha value is -0.380. The SMILES string of the molecule is CCCOCCC(N)c1ccc(C)s1. The quantitative estimate of drug-likeness (QED) is 0.737. The molecule has 0 fully saturated rings. The number of rotatable bonds is 6. The highest BCUT2D eigenvalue weighted by atomic mass is 32.1. The lowest BCUT2D eigenvalue weighted by molar-refractivity contribution is 0.128. The van der Waals surface area contributed by atoms with E-state index in [2.05, 4.69) is 26.0 Å². The van der Waals surface area contributed by atoms with Gasteiger partial charge in [-0.3, -0.25) is 0 Å². The molecule has 80 valence electrons. The fraction of sp³-hybridized carbons (Fsp3) is 0.636.